The van der Waals surface area contributed by atoms with Gasteiger partial charge in [-0.3, -0.25) is 4.79 Å². The van der Waals surface area contributed by atoms with Gasteiger partial charge in [0.05, 0.1) is 5.60 Å². The maximum atomic E-state index is 14.5. The summed E-state index contributed by atoms with van der Waals surface area (Å²) in [4.78, 5) is 26.1. The van der Waals surface area contributed by atoms with E-state index >= 15 is 0 Å². The Morgan fingerprint density at radius 2 is 1.71 bits per heavy atom. The third-order valence-electron chi connectivity index (χ3n) is 5.88. The Hall–Kier alpha value is -2.07. The molecule has 3 atom stereocenters. The van der Waals surface area contributed by atoms with Crippen molar-refractivity contribution in [2.24, 2.45) is 0 Å². The molecule has 2 rings (SSSR count). The van der Waals surface area contributed by atoms with E-state index in [1.165, 1.54) is 26.5 Å². The SMILES string of the molecule is CN(C(O)OC(C)(C)C)[C@@H](CC(C)(C)F)C(=O)O[C@H](Cc1ccc(C2CCOCC2)cc1)C(=O)O. The molecule has 35 heavy (non-hydrogen) atoms. The number of carbonyl (C=O) groups is 2. The first-order valence-electron chi connectivity index (χ1n) is 12.0. The summed E-state index contributed by atoms with van der Waals surface area (Å²) in [6, 6.07) is 6.35. The van der Waals surface area contributed by atoms with E-state index in [1.807, 2.05) is 24.3 Å². The summed E-state index contributed by atoms with van der Waals surface area (Å²) in [7, 11) is 1.40. The molecule has 9 heteroatoms. The van der Waals surface area contributed by atoms with Crippen molar-refractivity contribution in [1.82, 2.24) is 4.90 Å². The predicted molar refractivity (Wildman–Crippen MR) is 129 cm³/mol. The van der Waals surface area contributed by atoms with Crippen LogP contribution in [-0.4, -0.2) is 77.1 Å². The van der Waals surface area contributed by atoms with Crippen LogP contribution in [0.5, 0.6) is 0 Å². The predicted octanol–water partition coefficient (Wildman–Crippen LogP) is 3.65. The van der Waals surface area contributed by atoms with E-state index in [2.05, 4.69) is 0 Å². The van der Waals surface area contributed by atoms with Crippen LogP contribution in [0.1, 0.15) is 70.9 Å². The van der Waals surface area contributed by atoms with Gasteiger partial charge in [0.1, 0.15) is 11.7 Å². The van der Waals surface area contributed by atoms with Crippen LogP contribution in [-0.2, 0) is 30.2 Å². The lowest BCUT2D eigenvalue weighted by Gasteiger charge is -2.35. The number of ether oxygens (including phenoxy) is 3. The normalized spacial score (nSPS) is 18.2. The summed E-state index contributed by atoms with van der Waals surface area (Å²) in [5.74, 6) is -1.84. The number of rotatable bonds is 11. The summed E-state index contributed by atoms with van der Waals surface area (Å²) in [6.45, 7) is 9.23. The number of carbonyl (C=O) groups excluding carboxylic acids is 1. The van der Waals surface area contributed by atoms with Crippen molar-refractivity contribution in [1.29, 1.82) is 0 Å². The van der Waals surface area contributed by atoms with Crippen LogP contribution in [0, 0.1) is 0 Å². The smallest absolute Gasteiger partial charge is 0.345 e. The Morgan fingerprint density at radius 3 is 2.20 bits per heavy atom. The van der Waals surface area contributed by atoms with Gasteiger partial charge in [0, 0.05) is 26.1 Å². The molecule has 0 spiro atoms. The number of aliphatic carboxylic acids is 1. The molecule has 0 radical (unpaired) electrons. The molecule has 1 fully saturated rings. The minimum Gasteiger partial charge on any atom is -0.478 e. The molecule has 1 aliphatic heterocycles. The van der Waals surface area contributed by atoms with Crippen LogP contribution in [0.3, 0.4) is 0 Å². The lowest BCUT2D eigenvalue weighted by molar-refractivity contribution is -0.245. The topological polar surface area (TPSA) is 106 Å². The van der Waals surface area contributed by atoms with Crippen molar-refractivity contribution < 1.29 is 38.4 Å². The number of halogens is 1. The summed E-state index contributed by atoms with van der Waals surface area (Å²) in [5.41, 5.74) is -0.639. The van der Waals surface area contributed by atoms with Crippen molar-refractivity contribution in [2.45, 2.75) is 96.0 Å². The first kappa shape index (κ1) is 29.2. The van der Waals surface area contributed by atoms with Gasteiger partial charge in [0.15, 0.2) is 0 Å². The Labute approximate surface area is 207 Å². The van der Waals surface area contributed by atoms with E-state index in [0.717, 1.165) is 31.0 Å². The Kier molecular flexibility index (Phi) is 10.2. The molecule has 1 aliphatic rings. The molecule has 1 aromatic rings. The fraction of sp³-hybridized carbons (Fsp3) is 0.692. The van der Waals surface area contributed by atoms with Crippen molar-refractivity contribution >= 4 is 11.9 Å². The second kappa shape index (κ2) is 12.3. The maximum Gasteiger partial charge on any atom is 0.345 e. The summed E-state index contributed by atoms with van der Waals surface area (Å²) >= 11 is 0. The van der Waals surface area contributed by atoms with Gasteiger partial charge in [0.25, 0.3) is 0 Å². The summed E-state index contributed by atoms with van der Waals surface area (Å²) in [6.07, 6.45) is -1.45. The third kappa shape index (κ3) is 9.83. The van der Waals surface area contributed by atoms with Crippen LogP contribution < -0.4 is 0 Å². The lowest BCUT2D eigenvalue weighted by Crippen LogP contribution is -2.51. The highest BCUT2D eigenvalue weighted by molar-refractivity contribution is 5.81. The number of aliphatic hydroxyl groups is 1. The van der Waals surface area contributed by atoms with Gasteiger partial charge in [-0.15, -0.1) is 0 Å². The van der Waals surface area contributed by atoms with Crippen molar-refractivity contribution in [3.05, 3.63) is 35.4 Å². The lowest BCUT2D eigenvalue weighted by atomic mass is 9.91. The number of carboxylic acid groups (broad SMARTS) is 1. The maximum absolute atomic E-state index is 14.5. The summed E-state index contributed by atoms with van der Waals surface area (Å²) in [5, 5.41) is 20.1. The highest BCUT2D eigenvalue weighted by Crippen LogP contribution is 2.27. The third-order valence-corrected chi connectivity index (χ3v) is 5.88. The molecule has 1 aromatic carbocycles. The fourth-order valence-electron chi connectivity index (χ4n) is 3.98. The van der Waals surface area contributed by atoms with E-state index in [9.17, 15) is 24.2 Å². The molecule has 1 saturated heterocycles. The second-order valence-corrected chi connectivity index (χ2v) is 10.8. The highest BCUT2D eigenvalue weighted by atomic mass is 19.1. The largest absolute Gasteiger partial charge is 0.478 e. The number of alkyl halides is 1. The minimum atomic E-state index is -1.78. The highest BCUT2D eigenvalue weighted by Gasteiger charge is 2.38. The Balaban J connectivity index is 2.12. The molecule has 0 amide bonds. The van der Waals surface area contributed by atoms with Gasteiger partial charge in [-0.25, -0.2) is 14.1 Å². The molecule has 1 heterocycles. The van der Waals surface area contributed by atoms with Crippen LogP contribution in [0.4, 0.5) is 4.39 Å². The van der Waals surface area contributed by atoms with Gasteiger partial charge in [-0.2, -0.15) is 0 Å². The number of hydrogen-bond donors (Lipinski definition) is 2. The molecular weight excluding hydrogens is 457 g/mol. The zero-order valence-corrected chi connectivity index (χ0v) is 21.6. The van der Waals surface area contributed by atoms with Gasteiger partial charge in [-0.05, 0) is 71.6 Å². The monoisotopic (exact) mass is 497 g/mol. The molecular formula is C26H40FNO7. The molecule has 198 valence electrons. The van der Waals surface area contributed by atoms with Gasteiger partial charge >= 0.3 is 11.9 Å². The number of benzene rings is 1. The molecule has 0 aromatic heterocycles. The molecule has 0 aliphatic carbocycles. The van der Waals surface area contributed by atoms with E-state index in [4.69, 9.17) is 14.2 Å². The van der Waals surface area contributed by atoms with Crippen molar-refractivity contribution in [3.63, 3.8) is 0 Å². The Morgan fingerprint density at radius 1 is 1.14 bits per heavy atom. The second-order valence-electron chi connectivity index (χ2n) is 10.8. The van der Waals surface area contributed by atoms with Crippen LogP contribution in [0.15, 0.2) is 24.3 Å². The van der Waals surface area contributed by atoms with E-state index < -0.39 is 41.8 Å². The minimum absolute atomic E-state index is 0.0361. The van der Waals surface area contributed by atoms with E-state index in [-0.39, 0.29) is 12.8 Å². The van der Waals surface area contributed by atoms with Crippen LogP contribution >= 0.6 is 0 Å². The molecule has 0 bridgehead atoms. The molecule has 1 unspecified atom stereocenters. The zero-order chi connectivity index (χ0) is 26.4. The number of carboxylic acids is 1. The molecule has 2 N–H and O–H groups in total. The van der Waals surface area contributed by atoms with E-state index in [1.54, 1.807) is 20.8 Å². The first-order valence-corrected chi connectivity index (χ1v) is 12.0. The van der Waals surface area contributed by atoms with Crippen molar-refractivity contribution in [2.75, 3.05) is 20.3 Å². The Bertz CT molecular complexity index is 826. The van der Waals surface area contributed by atoms with E-state index in [0.29, 0.717) is 11.5 Å². The first-order chi connectivity index (χ1) is 16.2. The van der Waals surface area contributed by atoms with Crippen LogP contribution in [0.2, 0.25) is 0 Å². The van der Waals surface area contributed by atoms with Crippen molar-refractivity contribution in [3.8, 4) is 0 Å². The van der Waals surface area contributed by atoms with Gasteiger partial charge in [-0.1, -0.05) is 24.3 Å². The number of nitrogens with zero attached hydrogens (tertiary/aromatic N) is 1. The number of hydrogen-bond acceptors (Lipinski definition) is 7. The number of aliphatic hydroxyl groups excluding tert-OH is 1. The number of esters is 1. The molecule has 0 saturated carbocycles. The number of likely N-dealkylation sites (N-methyl/N-ethyl adjacent to an activating group) is 1. The summed E-state index contributed by atoms with van der Waals surface area (Å²) < 4.78 is 30.7. The zero-order valence-electron chi connectivity index (χ0n) is 21.6. The standard InChI is InChI=1S/C26H40FNO7/c1-25(2,3)35-24(32)28(6)20(16-26(4,5)27)23(31)34-21(22(29)30)15-17-7-9-18(10-8-17)19-11-13-33-14-12-19/h7-10,19-21,24,32H,11-16H2,1-6H3,(H,29,30)/t20-,21+,24?/m0/s1. The fourth-order valence-corrected chi connectivity index (χ4v) is 3.98. The average molecular weight is 498 g/mol. The molecule has 8 nitrogen and oxygen atoms in total. The van der Waals surface area contributed by atoms with Gasteiger partial charge < -0.3 is 24.4 Å². The van der Waals surface area contributed by atoms with Crippen LogP contribution in [0.25, 0.3) is 0 Å². The quantitative estimate of drug-likeness (QED) is 0.353. The van der Waals surface area contributed by atoms with Gasteiger partial charge in [0.2, 0.25) is 12.5 Å². The average Bonchev–Trinajstić information content (AvgIpc) is 2.75.